The van der Waals surface area contributed by atoms with Gasteiger partial charge in [-0.25, -0.2) is 8.42 Å². The fourth-order valence-electron chi connectivity index (χ4n) is 4.72. The van der Waals surface area contributed by atoms with Crippen LogP contribution in [0.4, 0.5) is 0 Å². The summed E-state index contributed by atoms with van der Waals surface area (Å²) in [6.45, 7) is 12.6. The maximum Gasteiger partial charge on any atom is 0.193 e. The number of rotatable bonds is 6. The van der Waals surface area contributed by atoms with Crippen molar-refractivity contribution in [2.75, 3.05) is 38.5 Å². The number of hydrogen-bond acceptors (Lipinski definition) is 4. The number of guanidine groups is 1. The van der Waals surface area contributed by atoms with Gasteiger partial charge in [-0.05, 0) is 65.0 Å². The molecule has 3 rings (SSSR count). The average Bonchev–Trinajstić information content (AvgIpc) is 2.73. The van der Waals surface area contributed by atoms with Crippen LogP contribution in [0.25, 0.3) is 0 Å². The largest absolute Gasteiger partial charge is 0.357 e. The molecule has 1 N–H and O–H groups in total. The summed E-state index contributed by atoms with van der Waals surface area (Å²) in [7, 11) is -3.16. The number of aliphatic imine (C=N–C) groups is 1. The fraction of sp³-hybridized carbons (Fsp3) is 0.708. The highest BCUT2D eigenvalue weighted by Crippen LogP contribution is 2.31. The first-order chi connectivity index (χ1) is 14.7. The molecule has 32 heavy (non-hydrogen) atoms. The van der Waals surface area contributed by atoms with Gasteiger partial charge in [-0.2, -0.15) is 0 Å². The van der Waals surface area contributed by atoms with Crippen LogP contribution in [0.15, 0.2) is 35.3 Å². The van der Waals surface area contributed by atoms with Crippen LogP contribution in [0.3, 0.4) is 0 Å². The van der Waals surface area contributed by atoms with Gasteiger partial charge in [0.15, 0.2) is 15.8 Å². The van der Waals surface area contributed by atoms with Gasteiger partial charge in [0.2, 0.25) is 0 Å². The predicted octanol–water partition coefficient (Wildman–Crippen LogP) is 3.77. The molecule has 0 aromatic heterocycles. The molecule has 8 heteroatoms. The lowest BCUT2D eigenvalue weighted by Gasteiger charge is -2.48. The Labute approximate surface area is 212 Å². The molecule has 1 aromatic rings. The van der Waals surface area contributed by atoms with Crippen LogP contribution < -0.4 is 5.32 Å². The van der Waals surface area contributed by atoms with Crippen LogP contribution in [0.5, 0.6) is 0 Å². The Kier molecular flexibility index (Phi) is 10.3. The van der Waals surface area contributed by atoms with Crippen molar-refractivity contribution in [2.45, 2.75) is 64.3 Å². The van der Waals surface area contributed by atoms with Crippen molar-refractivity contribution >= 4 is 39.8 Å². The molecule has 182 valence electrons. The molecule has 1 aromatic carbocycles. The normalized spacial score (nSPS) is 22.8. The molecule has 0 spiro atoms. The Bertz CT molecular complexity index is 839. The number of hydrogen-bond donors (Lipinski definition) is 1. The molecule has 0 saturated carbocycles. The molecule has 6 nitrogen and oxygen atoms in total. The second kappa shape index (κ2) is 12.0. The molecule has 2 saturated heterocycles. The smallest absolute Gasteiger partial charge is 0.193 e. The Morgan fingerprint density at radius 2 is 1.88 bits per heavy atom. The molecular weight excluding hydrogens is 535 g/mol. The summed E-state index contributed by atoms with van der Waals surface area (Å²) in [4.78, 5) is 9.71. The molecule has 0 amide bonds. The highest BCUT2D eigenvalue weighted by molar-refractivity contribution is 14.0. The molecule has 2 heterocycles. The van der Waals surface area contributed by atoms with Crippen molar-refractivity contribution in [1.82, 2.24) is 15.1 Å². The van der Waals surface area contributed by atoms with Crippen LogP contribution in [0.2, 0.25) is 0 Å². The number of nitrogens with one attached hydrogen (secondary N) is 1. The Morgan fingerprint density at radius 1 is 1.16 bits per heavy atom. The van der Waals surface area contributed by atoms with Crippen LogP contribution in [-0.2, 0) is 16.4 Å². The van der Waals surface area contributed by atoms with Gasteiger partial charge in [-0.15, -0.1) is 24.0 Å². The quantitative estimate of drug-likeness (QED) is 0.318. The lowest BCUT2D eigenvalue weighted by molar-refractivity contribution is 0.0372. The van der Waals surface area contributed by atoms with Gasteiger partial charge < -0.3 is 10.2 Å². The molecule has 0 radical (unpaired) electrons. The van der Waals surface area contributed by atoms with Crippen LogP contribution >= 0.6 is 24.0 Å². The van der Waals surface area contributed by atoms with E-state index in [2.05, 4.69) is 52.4 Å². The van der Waals surface area contributed by atoms with Crippen LogP contribution in [0, 0.1) is 5.92 Å². The van der Waals surface area contributed by atoms with Crippen molar-refractivity contribution < 1.29 is 8.42 Å². The minimum Gasteiger partial charge on any atom is -0.357 e. The van der Waals surface area contributed by atoms with Crippen LogP contribution in [-0.4, -0.2) is 73.4 Å². The maximum absolute atomic E-state index is 12.4. The second-order valence-corrected chi connectivity index (χ2v) is 12.7. The molecule has 0 aliphatic carbocycles. The highest BCUT2D eigenvalue weighted by atomic mass is 127. The number of halogens is 1. The zero-order chi connectivity index (χ0) is 22.5. The lowest BCUT2D eigenvalue weighted by Crippen LogP contribution is -2.56. The Hall–Kier alpha value is -0.870. The van der Waals surface area contributed by atoms with Crippen molar-refractivity contribution in [3.63, 3.8) is 0 Å². The van der Waals surface area contributed by atoms with Gasteiger partial charge >= 0.3 is 0 Å². The number of sulfone groups is 1. The van der Waals surface area contributed by atoms with Crippen molar-refractivity contribution in [3.8, 4) is 0 Å². The van der Waals surface area contributed by atoms with E-state index in [0.29, 0.717) is 18.5 Å². The number of benzene rings is 1. The Morgan fingerprint density at radius 3 is 2.53 bits per heavy atom. The first-order valence-electron chi connectivity index (χ1n) is 11.7. The molecule has 0 bridgehead atoms. The summed E-state index contributed by atoms with van der Waals surface area (Å²) in [5.74, 6) is 1.59. The van der Waals surface area contributed by atoms with Crippen molar-refractivity contribution in [3.05, 3.63) is 35.9 Å². The highest BCUT2D eigenvalue weighted by Gasteiger charge is 2.36. The first-order valence-corrected chi connectivity index (χ1v) is 13.4. The number of fused-ring (bicyclic) bond motifs is 1. The molecular formula is C24H41IN4O2S. The third kappa shape index (κ3) is 7.06. The lowest BCUT2D eigenvalue weighted by atomic mass is 9.83. The van der Waals surface area contributed by atoms with Crippen LogP contribution in [0.1, 0.15) is 52.5 Å². The van der Waals surface area contributed by atoms with E-state index in [1.54, 1.807) is 20.8 Å². The summed E-state index contributed by atoms with van der Waals surface area (Å²) in [6, 6.07) is 11.4. The molecule has 2 aliphatic heterocycles. The topological polar surface area (TPSA) is 65.0 Å². The van der Waals surface area contributed by atoms with Crippen molar-refractivity contribution in [1.29, 1.82) is 0 Å². The summed E-state index contributed by atoms with van der Waals surface area (Å²) in [5.41, 5.74) is 1.39. The SMILES string of the molecule is CCNC(=NCCS(=O)(=O)C(C)(C)C)N1CCC2C(CCCN2Cc2ccccc2)C1.I. The number of piperidine rings is 2. The van der Waals surface area contributed by atoms with Gasteiger partial charge in [0.05, 0.1) is 17.0 Å². The minimum absolute atomic E-state index is 0. The summed E-state index contributed by atoms with van der Waals surface area (Å²) in [5, 5.41) is 3.39. The standard InChI is InChI=1S/C24H40N4O2S.HI/c1-5-25-23(26-14-17-31(29,30)24(2,3)4)28-16-13-22-21(19-28)12-9-15-27(22)18-20-10-7-6-8-11-20;/h6-8,10-11,21-22H,5,9,12-19H2,1-4H3,(H,25,26);1H. The summed E-state index contributed by atoms with van der Waals surface area (Å²) in [6.07, 6.45) is 3.62. The van der Waals surface area contributed by atoms with E-state index in [1.165, 1.54) is 24.9 Å². The zero-order valence-corrected chi connectivity index (χ0v) is 23.2. The van der Waals surface area contributed by atoms with Crippen molar-refractivity contribution in [2.24, 2.45) is 10.9 Å². The van der Waals surface area contributed by atoms with E-state index in [1.807, 2.05) is 0 Å². The molecule has 2 fully saturated rings. The summed E-state index contributed by atoms with van der Waals surface area (Å²) >= 11 is 0. The van der Waals surface area contributed by atoms with E-state index >= 15 is 0 Å². The minimum atomic E-state index is -3.16. The predicted molar refractivity (Wildman–Crippen MR) is 144 cm³/mol. The van der Waals surface area contributed by atoms with E-state index in [4.69, 9.17) is 4.99 Å². The maximum atomic E-state index is 12.4. The van der Waals surface area contributed by atoms with Gasteiger partial charge in [-0.1, -0.05) is 30.3 Å². The van der Waals surface area contributed by atoms with E-state index in [-0.39, 0.29) is 29.7 Å². The first kappa shape index (κ1) is 27.4. The zero-order valence-electron chi connectivity index (χ0n) is 20.1. The molecule has 2 unspecified atom stereocenters. The third-order valence-corrected chi connectivity index (χ3v) is 9.19. The second-order valence-electron chi connectivity index (χ2n) is 9.83. The molecule has 2 aliphatic rings. The van der Waals surface area contributed by atoms with E-state index < -0.39 is 14.6 Å². The number of likely N-dealkylation sites (tertiary alicyclic amines) is 2. The number of nitrogens with zero attached hydrogens (tertiary/aromatic N) is 3. The Balaban J connectivity index is 0.00000363. The summed E-state index contributed by atoms with van der Waals surface area (Å²) < 4.78 is 24.1. The van der Waals surface area contributed by atoms with E-state index in [9.17, 15) is 8.42 Å². The van der Waals surface area contributed by atoms with E-state index in [0.717, 1.165) is 38.6 Å². The van der Waals surface area contributed by atoms with Gasteiger partial charge in [0.1, 0.15) is 0 Å². The monoisotopic (exact) mass is 576 g/mol. The van der Waals surface area contributed by atoms with Gasteiger partial charge in [0.25, 0.3) is 0 Å². The molecule has 2 atom stereocenters. The van der Waals surface area contributed by atoms with Gasteiger partial charge in [0, 0.05) is 32.2 Å². The van der Waals surface area contributed by atoms with Gasteiger partial charge in [-0.3, -0.25) is 9.89 Å². The third-order valence-electron chi connectivity index (χ3n) is 6.60. The average molecular weight is 577 g/mol. The fourth-order valence-corrected chi connectivity index (χ4v) is 5.66.